The maximum absolute atomic E-state index is 12.9. The van der Waals surface area contributed by atoms with E-state index in [9.17, 15) is 14.4 Å². The van der Waals surface area contributed by atoms with Gasteiger partial charge in [-0.2, -0.15) is 0 Å². The number of aromatic nitrogens is 1. The molecule has 0 radical (unpaired) electrons. The van der Waals surface area contributed by atoms with Crippen molar-refractivity contribution >= 4 is 22.9 Å². The summed E-state index contributed by atoms with van der Waals surface area (Å²) in [5.74, 6) is 0.430. The molecule has 0 saturated carbocycles. The summed E-state index contributed by atoms with van der Waals surface area (Å²) in [5.41, 5.74) is 1.03. The van der Waals surface area contributed by atoms with Gasteiger partial charge < -0.3 is 19.1 Å². The highest BCUT2D eigenvalue weighted by Crippen LogP contribution is 2.29. The molecule has 2 aromatic heterocycles. The van der Waals surface area contributed by atoms with Gasteiger partial charge in [0, 0.05) is 20.0 Å². The minimum absolute atomic E-state index is 0.119. The monoisotopic (exact) mass is 383 g/mol. The topological polar surface area (TPSA) is 97.7 Å². The molecule has 1 aliphatic heterocycles. The smallest absolute Gasteiger partial charge is 0.420 e. The molecular weight excluding hydrogens is 362 g/mol. The standard InChI is InChI=1S/C20H21N3O5/c1-12-7-8-17(27-12)14-9-22(10-15(14)21-13(2)24)19(25)11-23-16-5-3-4-6-18(16)28-20(23)26/h3-8,14-15H,9-11H2,1-2H3,(H,21,24)/t14-,15-/m1/s1. The Morgan fingerprint density at radius 2 is 1.93 bits per heavy atom. The highest BCUT2D eigenvalue weighted by atomic mass is 16.4. The quantitative estimate of drug-likeness (QED) is 0.738. The molecule has 0 aliphatic carbocycles. The molecule has 2 atom stereocenters. The molecule has 0 unspecified atom stereocenters. The first kappa shape index (κ1) is 18.1. The Kier molecular flexibility index (Phi) is 4.54. The van der Waals surface area contributed by atoms with Gasteiger partial charge in [-0.25, -0.2) is 4.79 Å². The summed E-state index contributed by atoms with van der Waals surface area (Å²) < 4.78 is 12.3. The zero-order valence-corrected chi connectivity index (χ0v) is 15.7. The molecule has 1 saturated heterocycles. The highest BCUT2D eigenvalue weighted by Gasteiger charge is 2.38. The van der Waals surface area contributed by atoms with E-state index in [1.165, 1.54) is 11.5 Å². The fourth-order valence-electron chi connectivity index (χ4n) is 3.75. The van der Waals surface area contributed by atoms with E-state index in [1.807, 2.05) is 19.1 Å². The number of nitrogens with zero attached hydrogens (tertiary/aromatic N) is 2. The number of hydrogen-bond donors (Lipinski definition) is 1. The molecule has 1 aliphatic rings. The molecule has 4 rings (SSSR count). The fraction of sp³-hybridized carbons (Fsp3) is 0.350. The van der Waals surface area contributed by atoms with E-state index in [0.29, 0.717) is 24.2 Å². The molecular formula is C20H21N3O5. The van der Waals surface area contributed by atoms with Crippen molar-refractivity contribution in [1.82, 2.24) is 14.8 Å². The van der Waals surface area contributed by atoms with Gasteiger partial charge in [-0.1, -0.05) is 12.1 Å². The molecule has 8 heteroatoms. The van der Waals surface area contributed by atoms with Crippen molar-refractivity contribution in [3.05, 3.63) is 58.5 Å². The van der Waals surface area contributed by atoms with E-state index in [4.69, 9.17) is 8.83 Å². The van der Waals surface area contributed by atoms with Crippen molar-refractivity contribution < 1.29 is 18.4 Å². The summed E-state index contributed by atoms with van der Waals surface area (Å²) in [6.45, 7) is 3.94. The van der Waals surface area contributed by atoms with Crippen LogP contribution < -0.4 is 11.1 Å². The SMILES string of the molecule is CC(=O)N[C@@H]1CN(C(=O)Cn2c(=O)oc3ccccc32)C[C@H]1c1ccc(C)o1. The van der Waals surface area contributed by atoms with Gasteiger partial charge in [0.15, 0.2) is 5.58 Å². The summed E-state index contributed by atoms with van der Waals surface area (Å²) >= 11 is 0. The maximum Gasteiger partial charge on any atom is 0.420 e. The van der Waals surface area contributed by atoms with Gasteiger partial charge in [-0.05, 0) is 31.2 Å². The zero-order valence-electron chi connectivity index (χ0n) is 15.7. The first-order chi connectivity index (χ1) is 13.4. The number of carbonyl (C=O) groups excluding carboxylic acids is 2. The third-order valence-electron chi connectivity index (χ3n) is 5.05. The van der Waals surface area contributed by atoms with E-state index >= 15 is 0 Å². The molecule has 8 nitrogen and oxygen atoms in total. The first-order valence-electron chi connectivity index (χ1n) is 9.12. The average molecular weight is 383 g/mol. The number of oxazole rings is 1. The lowest BCUT2D eigenvalue weighted by molar-refractivity contribution is -0.131. The predicted octanol–water partition coefficient (Wildman–Crippen LogP) is 1.63. The first-order valence-corrected chi connectivity index (χ1v) is 9.12. The van der Waals surface area contributed by atoms with E-state index in [1.54, 1.807) is 29.2 Å². The molecule has 3 heterocycles. The lowest BCUT2D eigenvalue weighted by atomic mass is 10.0. The van der Waals surface area contributed by atoms with Gasteiger partial charge in [0.05, 0.1) is 17.5 Å². The number of carbonyl (C=O) groups is 2. The van der Waals surface area contributed by atoms with Crippen LogP contribution in [0.4, 0.5) is 0 Å². The highest BCUT2D eigenvalue weighted by molar-refractivity contribution is 5.80. The van der Waals surface area contributed by atoms with E-state index in [0.717, 1.165) is 11.5 Å². The van der Waals surface area contributed by atoms with Gasteiger partial charge >= 0.3 is 5.76 Å². The second-order valence-electron chi connectivity index (χ2n) is 7.08. The van der Waals surface area contributed by atoms with Crippen LogP contribution in [0.15, 0.2) is 50.0 Å². The number of para-hydroxylation sites is 2. The van der Waals surface area contributed by atoms with Gasteiger partial charge in [0.2, 0.25) is 11.8 Å². The number of rotatable bonds is 4. The van der Waals surface area contributed by atoms with Crippen LogP contribution in [0, 0.1) is 6.92 Å². The third kappa shape index (κ3) is 3.33. The predicted molar refractivity (Wildman–Crippen MR) is 101 cm³/mol. The average Bonchev–Trinajstić information content (AvgIpc) is 3.33. The van der Waals surface area contributed by atoms with Crippen molar-refractivity contribution in [2.24, 2.45) is 0 Å². The number of aryl methyl sites for hydroxylation is 1. The fourth-order valence-corrected chi connectivity index (χ4v) is 3.75. The van der Waals surface area contributed by atoms with Crippen molar-refractivity contribution in [2.45, 2.75) is 32.4 Å². The van der Waals surface area contributed by atoms with Crippen LogP contribution in [0.5, 0.6) is 0 Å². The van der Waals surface area contributed by atoms with Gasteiger partial charge in [0.25, 0.3) is 0 Å². The van der Waals surface area contributed by atoms with Crippen molar-refractivity contribution in [2.75, 3.05) is 13.1 Å². The minimum Gasteiger partial charge on any atom is -0.466 e. The Balaban J connectivity index is 1.56. The third-order valence-corrected chi connectivity index (χ3v) is 5.05. The van der Waals surface area contributed by atoms with Crippen LogP contribution in [0.3, 0.4) is 0 Å². The second kappa shape index (κ2) is 7.03. The molecule has 0 spiro atoms. The lowest BCUT2D eigenvalue weighted by Gasteiger charge is -2.17. The van der Waals surface area contributed by atoms with Gasteiger partial charge in [-0.3, -0.25) is 14.2 Å². The van der Waals surface area contributed by atoms with Gasteiger partial charge in [0.1, 0.15) is 18.1 Å². The summed E-state index contributed by atoms with van der Waals surface area (Å²) in [6.07, 6.45) is 0. The lowest BCUT2D eigenvalue weighted by Crippen LogP contribution is -2.40. The Morgan fingerprint density at radius 3 is 2.64 bits per heavy atom. The number of hydrogen-bond acceptors (Lipinski definition) is 5. The number of amides is 2. The summed E-state index contributed by atoms with van der Waals surface area (Å²) in [4.78, 5) is 38.3. The van der Waals surface area contributed by atoms with Crippen LogP contribution in [-0.4, -0.2) is 40.4 Å². The van der Waals surface area contributed by atoms with Crippen LogP contribution in [0.2, 0.25) is 0 Å². The van der Waals surface area contributed by atoms with Crippen molar-refractivity contribution in [1.29, 1.82) is 0 Å². The van der Waals surface area contributed by atoms with Crippen molar-refractivity contribution in [3.63, 3.8) is 0 Å². The molecule has 1 fully saturated rings. The molecule has 0 bridgehead atoms. The molecule has 28 heavy (non-hydrogen) atoms. The summed E-state index contributed by atoms with van der Waals surface area (Å²) in [7, 11) is 0. The van der Waals surface area contributed by atoms with E-state index in [2.05, 4.69) is 5.32 Å². The zero-order chi connectivity index (χ0) is 19.8. The van der Waals surface area contributed by atoms with E-state index < -0.39 is 5.76 Å². The van der Waals surface area contributed by atoms with Crippen LogP contribution in [0.25, 0.3) is 11.1 Å². The normalized spacial score (nSPS) is 19.3. The molecule has 146 valence electrons. The molecule has 1 aromatic carbocycles. The number of furan rings is 1. The largest absolute Gasteiger partial charge is 0.466 e. The Hall–Kier alpha value is -3.29. The Bertz CT molecular complexity index is 1090. The Labute approximate surface area is 160 Å². The molecule has 1 N–H and O–H groups in total. The van der Waals surface area contributed by atoms with Crippen molar-refractivity contribution in [3.8, 4) is 0 Å². The Morgan fingerprint density at radius 1 is 1.14 bits per heavy atom. The number of likely N-dealkylation sites (tertiary alicyclic amines) is 1. The summed E-state index contributed by atoms with van der Waals surface area (Å²) in [6, 6.07) is 10.5. The van der Waals surface area contributed by atoms with Crippen LogP contribution >= 0.6 is 0 Å². The van der Waals surface area contributed by atoms with Crippen LogP contribution in [0.1, 0.15) is 24.4 Å². The van der Waals surface area contributed by atoms with Crippen LogP contribution in [-0.2, 0) is 16.1 Å². The molecule has 3 aromatic rings. The molecule has 2 amide bonds. The van der Waals surface area contributed by atoms with E-state index in [-0.39, 0.29) is 30.3 Å². The number of benzene rings is 1. The summed E-state index contributed by atoms with van der Waals surface area (Å²) in [5, 5.41) is 2.90. The van der Waals surface area contributed by atoms with Gasteiger partial charge in [-0.15, -0.1) is 0 Å². The number of nitrogens with one attached hydrogen (secondary N) is 1. The maximum atomic E-state index is 12.9. The minimum atomic E-state index is -0.564. The second-order valence-corrected chi connectivity index (χ2v) is 7.08. The number of fused-ring (bicyclic) bond motifs is 1.